The van der Waals surface area contributed by atoms with Gasteiger partial charge in [-0.3, -0.25) is 4.79 Å². The van der Waals surface area contributed by atoms with Gasteiger partial charge in [0.05, 0.1) is 6.26 Å². The van der Waals surface area contributed by atoms with Gasteiger partial charge in [0.15, 0.2) is 6.61 Å². The molecule has 6 nitrogen and oxygen atoms in total. The first-order valence-electron chi connectivity index (χ1n) is 10.1. The number of nitrogens with one attached hydrogen (secondary N) is 1. The van der Waals surface area contributed by atoms with Crippen LogP contribution < -0.4 is 10.1 Å². The van der Waals surface area contributed by atoms with E-state index in [2.05, 4.69) is 43.4 Å². The van der Waals surface area contributed by atoms with Crippen LogP contribution in [0.4, 0.5) is 0 Å². The molecule has 0 atom stereocenters. The van der Waals surface area contributed by atoms with E-state index in [0.717, 1.165) is 18.4 Å². The molecule has 0 saturated carbocycles. The molecule has 2 aromatic carbocycles. The van der Waals surface area contributed by atoms with Crippen LogP contribution in [0.25, 0.3) is 0 Å². The highest BCUT2D eigenvalue weighted by atomic mass is 32.2. The van der Waals surface area contributed by atoms with Gasteiger partial charge in [-0.15, -0.1) is 0 Å². The minimum atomic E-state index is -3.22. The molecule has 0 aromatic heterocycles. The highest BCUT2D eigenvalue weighted by Gasteiger charge is 2.11. The maximum Gasteiger partial charge on any atom is 0.257 e. The van der Waals surface area contributed by atoms with Crippen molar-refractivity contribution in [1.29, 1.82) is 0 Å². The lowest BCUT2D eigenvalue weighted by Gasteiger charge is -2.14. The zero-order valence-corrected chi connectivity index (χ0v) is 19.0. The third kappa shape index (κ3) is 8.16. The summed E-state index contributed by atoms with van der Waals surface area (Å²) in [7, 11) is -1.69. The molecule has 0 fully saturated rings. The zero-order chi connectivity index (χ0) is 22.1. The van der Waals surface area contributed by atoms with Crippen molar-refractivity contribution in [2.24, 2.45) is 0 Å². The molecular weight excluding hydrogens is 400 g/mol. The van der Waals surface area contributed by atoms with Crippen LogP contribution in [0.5, 0.6) is 5.75 Å². The Morgan fingerprint density at radius 2 is 1.63 bits per heavy atom. The third-order valence-electron chi connectivity index (χ3n) is 4.88. The largest absolute Gasteiger partial charge is 0.484 e. The van der Waals surface area contributed by atoms with Crippen LogP contribution in [0, 0.1) is 0 Å². The van der Waals surface area contributed by atoms with Gasteiger partial charge in [-0.05, 0) is 47.6 Å². The van der Waals surface area contributed by atoms with Crippen molar-refractivity contribution >= 4 is 15.9 Å². The number of sulfonamides is 1. The molecule has 2 aromatic rings. The van der Waals surface area contributed by atoms with Crippen LogP contribution >= 0.6 is 0 Å². The van der Waals surface area contributed by atoms with Crippen molar-refractivity contribution in [2.45, 2.75) is 39.2 Å². The molecule has 164 valence electrons. The van der Waals surface area contributed by atoms with Gasteiger partial charge >= 0.3 is 0 Å². The van der Waals surface area contributed by atoms with Crippen LogP contribution in [-0.4, -0.2) is 45.1 Å². The molecule has 0 aliphatic rings. The summed E-state index contributed by atoms with van der Waals surface area (Å²) in [5.74, 6) is 0.940. The van der Waals surface area contributed by atoms with Gasteiger partial charge in [0.25, 0.3) is 5.91 Å². The first kappa shape index (κ1) is 23.9. The lowest BCUT2D eigenvalue weighted by Crippen LogP contribution is -2.29. The first-order valence-corrected chi connectivity index (χ1v) is 12.0. The number of carbonyl (C=O) groups is 1. The Kier molecular flexibility index (Phi) is 8.87. The Morgan fingerprint density at radius 1 is 1.03 bits per heavy atom. The average Bonchev–Trinajstić information content (AvgIpc) is 2.70. The standard InChI is InChI=1S/C23H32N2O4S/c1-18(2)21-11-7-19(8-12-21)6-5-15-24-23(26)17-29-22-13-9-20(10-14-22)16-25(3)30(4,27)28/h7-14,18H,5-6,15-17H2,1-4H3,(H,24,26). The van der Waals surface area contributed by atoms with Crippen LogP contribution in [0.1, 0.15) is 42.9 Å². The molecule has 7 heteroatoms. The van der Waals surface area contributed by atoms with Crippen molar-refractivity contribution in [3.05, 3.63) is 65.2 Å². The summed E-state index contributed by atoms with van der Waals surface area (Å²) in [6.45, 7) is 5.20. The van der Waals surface area contributed by atoms with E-state index in [1.54, 1.807) is 24.3 Å². The van der Waals surface area contributed by atoms with Gasteiger partial charge in [-0.2, -0.15) is 0 Å². The maximum absolute atomic E-state index is 12.0. The summed E-state index contributed by atoms with van der Waals surface area (Å²) in [5.41, 5.74) is 3.45. The Balaban J connectivity index is 1.67. The molecular formula is C23H32N2O4S. The van der Waals surface area contributed by atoms with Crippen LogP contribution in [0.2, 0.25) is 0 Å². The molecule has 0 radical (unpaired) electrons. The van der Waals surface area contributed by atoms with Gasteiger partial charge in [0.2, 0.25) is 10.0 Å². The molecule has 0 bridgehead atoms. The van der Waals surface area contributed by atoms with E-state index in [9.17, 15) is 13.2 Å². The molecule has 0 unspecified atom stereocenters. The van der Waals surface area contributed by atoms with Crippen LogP contribution in [0.3, 0.4) is 0 Å². The van der Waals surface area contributed by atoms with Gasteiger partial charge in [-0.1, -0.05) is 50.2 Å². The van der Waals surface area contributed by atoms with Crippen molar-refractivity contribution in [3.8, 4) is 5.75 Å². The maximum atomic E-state index is 12.0. The average molecular weight is 433 g/mol. The lowest BCUT2D eigenvalue weighted by molar-refractivity contribution is -0.123. The van der Waals surface area contributed by atoms with Crippen LogP contribution in [-0.2, 0) is 27.8 Å². The minimum Gasteiger partial charge on any atom is -0.484 e. The third-order valence-corrected chi connectivity index (χ3v) is 6.14. The molecule has 0 saturated heterocycles. The van der Waals surface area contributed by atoms with Gasteiger partial charge < -0.3 is 10.1 Å². The number of benzene rings is 2. The predicted molar refractivity (Wildman–Crippen MR) is 120 cm³/mol. The van der Waals surface area contributed by atoms with Crippen molar-refractivity contribution in [1.82, 2.24) is 9.62 Å². The van der Waals surface area contributed by atoms with E-state index >= 15 is 0 Å². The number of hydrogen-bond acceptors (Lipinski definition) is 4. The summed E-state index contributed by atoms with van der Waals surface area (Å²) in [6, 6.07) is 15.7. The molecule has 30 heavy (non-hydrogen) atoms. The summed E-state index contributed by atoms with van der Waals surface area (Å²) >= 11 is 0. The topological polar surface area (TPSA) is 75.7 Å². The normalized spacial score (nSPS) is 11.7. The van der Waals surface area contributed by atoms with E-state index in [1.807, 2.05) is 0 Å². The molecule has 1 amide bonds. The summed E-state index contributed by atoms with van der Waals surface area (Å²) in [5, 5.41) is 2.87. The number of amides is 1. The van der Waals surface area contributed by atoms with E-state index < -0.39 is 10.0 Å². The number of nitrogens with zero attached hydrogens (tertiary/aromatic N) is 1. The van der Waals surface area contributed by atoms with Crippen molar-refractivity contribution in [2.75, 3.05) is 26.5 Å². The molecule has 0 aliphatic carbocycles. The zero-order valence-electron chi connectivity index (χ0n) is 18.2. The number of hydrogen-bond donors (Lipinski definition) is 1. The van der Waals surface area contributed by atoms with Crippen LogP contribution in [0.15, 0.2) is 48.5 Å². The SMILES string of the molecule is CC(C)c1ccc(CCCNC(=O)COc2ccc(CN(C)S(C)(=O)=O)cc2)cc1. The highest BCUT2D eigenvalue weighted by molar-refractivity contribution is 7.88. The number of rotatable bonds is 11. The monoisotopic (exact) mass is 432 g/mol. The molecule has 2 rings (SSSR count). The summed E-state index contributed by atoms with van der Waals surface area (Å²) < 4.78 is 29.7. The molecule has 1 N–H and O–H groups in total. The quantitative estimate of drug-likeness (QED) is 0.553. The van der Waals surface area contributed by atoms with E-state index in [0.29, 0.717) is 24.8 Å². The van der Waals surface area contributed by atoms with E-state index in [4.69, 9.17) is 4.74 Å². The number of carbonyl (C=O) groups excluding carboxylic acids is 1. The Morgan fingerprint density at radius 3 is 2.20 bits per heavy atom. The predicted octanol–water partition coefficient (Wildman–Crippen LogP) is 3.33. The van der Waals surface area contributed by atoms with E-state index in [1.165, 1.54) is 28.7 Å². The lowest BCUT2D eigenvalue weighted by atomic mass is 10.0. The second-order valence-electron chi connectivity index (χ2n) is 7.80. The number of aryl methyl sites for hydroxylation is 1. The summed E-state index contributed by atoms with van der Waals surface area (Å²) in [4.78, 5) is 12.0. The Bertz CT molecular complexity index is 907. The second-order valence-corrected chi connectivity index (χ2v) is 9.89. The fraction of sp³-hybridized carbons (Fsp3) is 0.435. The first-order chi connectivity index (χ1) is 14.1. The fourth-order valence-corrected chi connectivity index (χ4v) is 3.24. The van der Waals surface area contributed by atoms with Crippen molar-refractivity contribution in [3.63, 3.8) is 0 Å². The fourth-order valence-electron chi connectivity index (χ4n) is 2.85. The second kappa shape index (κ2) is 11.1. The minimum absolute atomic E-state index is 0.0499. The highest BCUT2D eigenvalue weighted by Crippen LogP contribution is 2.16. The van der Waals surface area contributed by atoms with E-state index in [-0.39, 0.29) is 12.5 Å². The van der Waals surface area contributed by atoms with Gasteiger partial charge in [-0.25, -0.2) is 12.7 Å². The molecule has 0 heterocycles. The Labute approximate surface area is 180 Å². The summed E-state index contributed by atoms with van der Waals surface area (Å²) in [6.07, 6.45) is 2.96. The van der Waals surface area contributed by atoms with Gasteiger partial charge in [0, 0.05) is 20.1 Å². The molecule has 0 aliphatic heterocycles. The molecule has 0 spiro atoms. The number of ether oxygens (including phenoxy) is 1. The Hall–Kier alpha value is -2.38. The smallest absolute Gasteiger partial charge is 0.257 e. The van der Waals surface area contributed by atoms with Gasteiger partial charge in [0.1, 0.15) is 5.75 Å². The van der Waals surface area contributed by atoms with Crippen molar-refractivity contribution < 1.29 is 17.9 Å².